The van der Waals surface area contributed by atoms with E-state index in [1.807, 2.05) is 0 Å². The van der Waals surface area contributed by atoms with Crippen molar-refractivity contribution in [1.82, 2.24) is 0 Å². The number of ether oxygens (including phenoxy) is 2. The standard InChI is InChI=1S/C21H20O6/c1-26-20-11-14(5-9-18(20)24)3-7-16(22)13-17(23)8-4-15-6-10-19(25)21(12-15)27-2/h3-12,24-25H,13H2,1-2H3/i3D,4D. The minimum Gasteiger partial charge on any atom is -0.504 e. The molecule has 0 bridgehead atoms. The Morgan fingerprint density at radius 1 is 0.889 bits per heavy atom. The highest BCUT2D eigenvalue weighted by Crippen LogP contribution is 2.27. The third-order valence-electron chi connectivity index (χ3n) is 3.51. The van der Waals surface area contributed by atoms with Crippen molar-refractivity contribution in [2.75, 3.05) is 14.2 Å². The van der Waals surface area contributed by atoms with Gasteiger partial charge in [0.1, 0.15) is 0 Å². The molecule has 2 N–H and O–H groups in total. The lowest BCUT2D eigenvalue weighted by atomic mass is 10.1. The van der Waals surface area contributed by atoms with E-state index in [0.717, 1.165) is 12.2 Å². The Morgan fingerprint density at radius 3 is 1.67 bits per heavy atom. The van der Waals surface area contributed by atoms with E-state index in [2.05, 4.69) is 0 Å². The Hall–Kier alpha value is -3.54. The van der Waals surface area contributed by atoms with E-state index in [0.29, 0.717) is 11.1 Å². The Kier molecular flexibility index (Phi) is 5.78. The van der Waals surface area contributed by atoms with Gasteiger partial charge < -0.3 is 19.7 Å². The monoisotopic (exact) mass is 370 g/mol. The summed E-state index contributed by atoms with van der Waals surface area (Å²) < 4.78 is 25.9. The number of benzene rings is 2. The van der Waals surface area contributed by atoms with Crippen molar-refractivity contribution in [2.45, 2.75) is 6.42 Å². The van der Waals surface area contributed by atoms with Crippen LogP contribution in [0.3, 0.4) is 0 Å². The summed E-state index contributed by atoms with van der Waals surface area (Å²) in [7, 11) is 2.73. The summed E-state index contributed by atoms with van der Waals surface area (Å²) in [6.07, 6.45) is 1.50. The van der Waals surface area contributed by atoms with Gasteiger partial charge in [-0.25, -0.2) is 0 Å². The summed E-state index contributed by atoms with van der Waals surface area (Å²) in [4.78, 5) is 24.2. The number of carbonyl (C=O) groups is 2. The van der Waals surface area contributed by atoms with E-state index < -0.39 is 18.0 Å². The Morgan fingerprint density at radius 2 is 1.30 bits per heavy atom. The van der Waals surface area contributed by atoms with Crippen molar-refractivity contribution < 1.29 is 32.0 Å². The van der Waals surface area contributed by atoms with Crippen LogP contribution in [0, 0.1) is 0 Å². The van der Waals surface area contributed by atoms with Gasteiger partial charge in [0, 0.05) is 0 Å². The number of carbonyl (C=O) groups excluding carboxylic acids is 2. The highest BCUT2D eigenvalue weighted by Gasteiger charge is 2.06. The number of ketones is 2. The third-order valence-corrected chi connectivity index (χ3v) is 3.51. The number of hydrogen-bond donors (Lipinski definition) is 2. The van der Waals surface area contributed by atoms with Gasteiger partial charge in [0.25, 0.3) is 0 Å². The Bertz CT molecular complexity index is 915. The Labute approximate surface area is 159 Å². The summed E-state index contributed by atoms with van der Waals surface area (Å²) in [5.41, 5.74) is 0.682. The zero-order valence-electron chi connectivity index (χ0n) is 16.9. The van der Waals surface area contributed by atoms with Gasteiger partial charge >= 0.3 is 0 Å². The average Bonchev–Trinajstić information content (AvgIpc) is 2.68. The minimum atomic E-state index is -0.598. The summed E-state index contributed by atoms with van der Waals surface area (Å²) >= 11 is 0. The van der Waals surface area contributed by atoms with Gasteiger partial charge in [0.05, 0.1) is 23.4 Å². The van der Waals surface area contributed by atoms with Gasteiger partial charge in [-0.05, 0) is 47.5 Å². The summed E-state index contributed by atoms with van der Waals surface area (Å²) in [5.74, 6) is -1.06. The molecule has 0 radical (unpaired) electrons. The molecule has 0 aliphatic heterocycles. The molecule has 0 amide bonds. The van der Waals surface area contributed by atoms with Gasteiger partial charge in [-0.3, -0.25) is 9.59 Å². The van der Waals surface area contributed by atoms with Gasteiger partial charge in [0.15, 0.2) is 34.6 Å². The van der Waals surface area contributed by atoms with Crippen LogP contribution in [-0.2, 0) is 9.59 Å². The molecule has 140 valence electrons. The van der Waals surface area contributed by atoms with E-state index in [1.54, 1.807) is 0 Å². The Balaban J connectivity index is 2.10. The molecule has 27 heavy (non-hydrogen) atoms. The molecule has 0 aliphatic carbocycles. The van der Waals surface area contributed by atoms with Gasteiger partial charge in [0.2, 0.25) is 0 Å². The van der Waals surface area contributed by atoms with Crippen LogP contribution in [0.2, 0.25) is 0 Å². The lowest BCUT2D eigenvalue weighted by Gasteiger charge is -2.03. The van der Waals surface area contributed by atoms with E-state index >= 15 is 0 Å². The van der Waals surface area contributed by atoms with Crippen molar-refractivity contribution in [1.29, 1.82) is 0 Å². The van der Waals surface area contributed by atoms with E-state index in [-0.39, 0.29) is 35.1 Å². The smallest absolute Gasteiger partial charge is 0.163 e. The van der Waals surface area contributed by atoms with Crippen molar-refractivity contribution in [3.63, 3.8) is 0 Å². The number of phenolic OH excluding ortho intramolecular Hbond substituents is 2. The van der Waals surface area contributed by atoms with Crippen LogP contribution in [0.1, 0.15) is 20.3 Å². The van der Waals surface area contributed by atoms with Crippen LogP contribution in [0.15, 0.2) is 48.6 Å². The van der Waals surface area contributed by atoms with Crippen LogP contribution in [0.4, 0.5) is 0 Å². The van der Waals surface area contributed by atoms with E-state index in [1.165, 1.54) is 50.6 Å². The molecule has 0 spiro atoms. The van der Waals surface area contributed by atoms with Crippen molar-refractivity contribution in [3.8, 4) is 23.0 Å². The molecule has 6 nitrogen and oxygen atoms in total. The highest BCUT2D eigenvalue weighted by atomic mass is 16.5. The first-order valence-corrected chi connectivity index (χ1v) is 7.92. The fourth-order valence-corrected chi connectivity index (χ4v) is 2.14. The molecule has 0 aliphatic rings. The first kappa shape index (κ1) is 16.9. The van der Waals surface area contributed by atoms with Gasteiger partial charge in [-0.2, -0.15) is 0 Å². The number of rotatable bonds is 8. The average molecular weight is 370 g/mol. The number of aromatic hydroxyl groups is 2. The molecule has 2 aromatic rings. The van der Waals surface area contributed by atoms with Crippen LogP contribution < -0.4 is 9.47 Å². The lowest BCUT2D eigenvalue weighted by molar-refractivity contribution is -0.121. The van der Waals surface area contributed by atoms with Gasteiger partial charge in [-0.15, -0.1) is 0 Å². The van der Waals surface area contributed by atoms with Crippen molar-refractivity contribution in [2.24, 2.45) is 0 Å². The summed E-state index contributed by atoms with van der Waals surface area (Å²) in [6.45, 7) is 0. The molecule has 0 atom stereocenters. The number of methoxy groups -OCH3 is 2. The molecule has 0 unspecified atom stereocenters. The first-order chi connectivity index (χ1) is 13.7. The fourth-order valence-electron chi connectivity index (χ4n) is 2.14. The van der Waals surface area contributed by atoms with E-state index in [9.17, 15) is 19.8 Å². The molecule has 0 aromatic heterocycles. The molecular weight excluding hydrogens is 348 g/mol. The quantitative estimate of drug-likeness (QED) is 0.547. The third kappa shape index (κ3) is 5.74. The largest absolute Gasteiger partial charge is 0.504 e. The maximum atomic E-state index is 12.1. The first-order valence-electron chi connectivity index (χ1n) is 8.92. The minimum absolute atomic E-state index is 0.0930. The SMILES string of the molecule is [2H]C(=CC(=O)CC(=O)C=C([2H])c1ccc(O)c(OC)c1)c1ccc(O)c(OC)c1. The summed E-state index contributed by atoms with van der Waals surface area (Å²) in [5, 5.41) is 19.2. The maximum absolute atomic E-state index is 12.1. The van der Waals surface area contributed by atoms with Crippen LogP contribution in [0.25, 0.3) is 12.1 Å². The number of phenols is 2. The fraction of sp³-hybridized carbons (Fsp3) is 0.143. The van der Waals surface area contributed by atoms with Crippen LogP contribution >= 0.6 is 0 Å². The number of allylic oxidation sites excluding steroid dienone is 2. The topological polar surface area (TPSA) is 93.1 Å². The number of hydrogen-bond acceptors (Lipinski definition) is 6. The normalized spacial score (nSPS) is 12.8. The lowest BCUT2D eigenvalue weighted by Crippen LogP contribution is -2.01. The summed E-state index contributed by atoms with van der Waals surface area (Å²) in [6, 6.07) is 8.11. The van der Waals surface area contributed by atoms with Crippen LogP contribution in [0.5, 0.6) is 23.0 Å². The molecule has 0 fully saturated rings. The predicted molar refractivity (Wildman–Crippen MR) is 102 cm³/mol. The van der Waals surface area contributed by atoms with Gasteiger partial charge in [-0.1, -0.05) is 24.2 Å². The van der Waals surface area contributed by atoms with Crippen molar-refractivity contribution in [3.05, 3.63) is 59.7 Å². The maximum Gasteiger partial charge on any atom is 0.163 e. The second-order valence-electron chi connectivity index (χ2n) is 5.46. The molecule has 0 saturated heterocycles. The molecule has 2 aromatic carbocycles. The second kappa shape index (κ2) is 9.24. The molecule has 2 rings (SSSR count). The predicted octanol–water partition coefficient (Wildman–Crippen LogP) is 3.37. The second-order valence-corrected chi connectivity index (χ2v) is 5.46. The zero-order valence-corrected chi connectivity index (χ0v) is 14.9. The van der Waals surface area contributed by atoms with Crippen LogP contribution in [-0.4, -0.2) is 36.0 Å². The van der Waals surface area contributed by atoms with Crippen molar-refractivity contribution >= 4 is 23.7 Å². The molecular formula is C21H20O6. The molecule has 6 heteroatoms. The highest BCUT2D eigenvalue weighted by molar-refractivity contribution is 6.10. The molecule has 0 saturated carbocycles. The van der Waals surface area contributed by atoms with E-state index in [4.69, 9.17) is 12.2 Å². The molecule has 0 heterocycles. The zero-order chi connectivity index (χ0) is 21.6.